The van der Waals surface area contributed by atoms with Gasteiger partial charge in [0.2, 0.25) is 0 Å². The summed E-state index contributed by atoms with van der Waals surface area (Å²) < 4.78 is 1.93. The third kappa shape index (κ3) is 2.58. The molecule has 1 aromatic rings. The fourth-order valence-electron chi connectivity index (χ4n) is 2.44. The van der Waals surface area contributed by atoms with Gasteiger partial charge in [0, 0.05) is 32.4 Å². The van der Waals surface area contributed by atoms with Crippen LogP contribution in [0.2, 0.25) is 0 Å². The summed E-state index contributed by atoms with van der Waals surface area (Å²) in [5, 5.41) is 21.4. The van der Waals surface area contributed by atoms with Gasteiger partial charge in [0.15, 0.2) is 0 Å². The first-order valence-electron chi connectivity index (χ1n) is 6.49. The van der Waals surface area contributed by atoms with Crippen molar-refractivity contribution in [1.29, 1.82) is 5.26 Å². The first-order chi connectivity index (χ1) is 8.62. The second-order valence-electron chi connectivity index (χ2n) is 5.39. The zero-order valence-electron chi connectivity index (χ0n) is 11.2. The van der Waals surface area contributed by atoms with Crippen LogP contribution in [0.15, 0.2) is 6.07 Å². The summed E-state index contributed by atoms with van der Waals surface area (Å²) in [5.74, 6) is 0. The van der Waals surface area contributed by atoms with Gasteiger partial charge in [-0.25, -0.2) is 0 Å². The van der Waals surface area contributed by atoms with Crippen molar-refractivity contribution in [3.05, 3.63) is 23.0 Å². The third-order valence-electron chi connectivity index (χ3n) is 4.17. The molecular formula is C14H21N3O. The van der Waals surface area contributed by atoms with Crippen LogP contribution in [0.25, 0.3) is 0 Å². The molecule has 1 aromatic heterocycles. The van der Waals surface area contributed by atoms with Crippen LogP contribution in [0, 0.1) is 23.7 Å². The first-order valence-corrected chi connectivity index (χ1v) is 6.49. The van der Waals surface area contributed by atoms with E-state index in [2.05, 4.69) is 11.4 Å². The van der Waals surface area contributed by atoms with Gasteiger partial charge in [-0.15, -0.1) is 0 Å². The standard InChI is InChI=1S/C14H21N3O/c1-11-12(7-13(8-15)17(11)2)9-16-10-14(3-4-14)5-6-18/h7,16,18H,3-6,9-10H2,1-2H3. The molecule has 0 atom stereocenters. The van der Waals surface area contributed by atoms with Crippen LogP contribution < -0.4 is 5.32 Å². The number of nitrogens with zero attached hydrogens (tertiary/aromatic N) is 2. The van der Waals surface area contributed by atoms with Gasteiger partial charge < -0.3 is 15.0 Å². The van der Waals surface area contributed by atoms with Crippen LogP contribution in [-0.4, -0.2) is 22.8 Å². The molecule has 4 heteroatoms. The Hall–Kier alpha value is -1.31. The summed E-state index contributed by atoms with van der Waals surface area (Å²) in [6.45, 7) is 4.08. The third-order valence-corrected chi connectivity index (χ3v) is 4.17. The van der Waals surface area contributed by atoms with Crippen molar-refractivity contribution >= 4 is 0 Å². The first kappa shape index (κ1) is 13.1. The van der Waals surface area contributed by atoms with Gasteiger partial charge in [-0.2, -0.15) is 5.26 Å². The molecule has 1 heterocycles. The Morgan fingerprint density at radius 3 is 2.78 bits per heavy atom. The van der Waals surface area contributed by atoms with Crippen molar-refractivity contribution in [2.24, 2.45) is 12.5 Å². The number of nitrogens with one attached hydrogen (secondary N) is 1. The molecule has 98 valence electrons. The average molecular weight is 247 g/mol. The summed E-state index contributed by atoms with van der Waals surface area (Å²) in [6.07, 6.45) is 3.34. The van der Waals surface area contributed by atoms with Crippen LogP contribution >= 0.6 is 0 Å². The monoisotopic (exact) mass is 247 g/mol. The molecular weight excluding hydrogens is 226 g/mol. The van der Waals surface area contributed by atoms with E-state index >= 15 is 0 Å². The van der Waals surface area contributed by atoms with E-state index in [4.69, 9.17) is 10.4 Å². The predicted octanol–water partition coefficient (Wildman–Crippen LogP) is 1.46. The van der Waals surface area contributed by atoms with Crippen LogP contribution in [0.5, 0.6) is 0 Å². The smallest absolute Gasteiger partial charge is 0.120 e. The molecule has 1 saturated carbocycles. The van der Waals surface area contributed by atoms with Crippen molar-refractivity contribution in [3.8, 4) is 6.07 Å². The Labute approximate surface area is 108 Å². The van der Waals surface area contributed by atoms with Crippen molar-refractivity contribution < 1.29 is 5.11 Å². The Bertz CT molecular complexity index is 466. The number of aliphatic hydroxyl groups excluding tert-OH is 1. The van der Waals surface area contributed by atoms with E-state index in [9.17, 15) is 0 Å². The molecule has 0 aliphatic heterocycles. The van der Waals surface area contributed by atoms with E-state index in [0.29, 0.717) is 11.1 Å². The van der Waals surface area contributed by atoms with Gasteiger partial charge >= 0.3 is 0 Å². The molecule has 0 amide bonds. The maximum absolute atomic E-state index is 9.01. The second-order valence-corrected chi connectivity index (χ2v) is 5.39. The van der Waals surface area contributed by atoms with Gasteiger partial charge in [-0.05, 0) is 43.2 Å². The van der Waals surface area contributed by atoms with Crippen LogP contribution in [0.1, 0.15) is 36.2 Å². The van der Waals surface area contributed by atoms with Crippen LogP contribution in [-0.2, 0) is 13.6 Å². The fourth-order valence-corrected chi connectivity index (χ4v) is 2.44. The number of aliphatic hydroxyl groups is 1. The quantitative estimate of drug-likeness (QED) is 0.800. The van der Waals surface area contributed by atoms with Crippen molar-refractivity contribution in [1.82, 2.24) is 9.88 Å². The van der Waals surface area contributed by atoms with Gasteiger partial charge in [0.25, 0.3) is 0 Å². The van der Waals surface area contributed by atoms with Gasteiger partial charge in [-0.1, -0.05) is 0 Å². The largest absolute Gasteiger partial charge is 0.396 e. The lowest BCUT2D eigenvalue weighted by molar-refractivity contribution is 0.245. The van der Waals surface area contributed by atoms with E-state index < -0.39 is 0 Å². The van der Waals surface area contributed by atoms with Gasteiger partial charge in [-0.3, -0.25) is 0 Å². The molecule has 0 spiro atoms. The normalized spacial score (nSPS) is 16.6. The topological polar surface area (TPSA) is 61.0 Å². The van der Waals surface area contributed by atoms with Gasteiger partial charge in [0.05, 0.1) is 0 Å². The number of hydrogen-bond acceptors (Lipinski definition) is 3. The second kappa shape index (κ2) is 5.13. The number of aromatic nitrogens is 1. The minimum atomic E-state index is 0.282. The van der Waals surface area contributed by atoms with Crippen LogP contribution in [0.3, 0.4) is 0 Å². The molecule has 18 heavy (non-hydrogen) atoms. The molecule has 1 aliphatic rings. The summed E-state index contributed by atoms with van der Waals surface area (Å²) in [6, 6.07) is 4.15. The highest BCUT2D eigenvalue weighted by molar-refractivity contribution is 5.34. The van der Waals surface area contributed by atoms with Crippen molar-refractivity contribution in [2.45, 2.75) is 32.7 Å². The molecule has 1 aliphatic carbocycles. The van der Waals surface area contributed by atoms with Crippen molar-refractivity contribution in [3.63, 3.8) is 0 Å². The Morgan fingerprint density at radius 1 is 1.56 bits per heavy atom. The molecule has 4 nitrogen and oxygen atoms in total. The minimum Gasteiger partial charge on any atom is -0.396 e. The highest BCUT2D eigenvalue weighted by Gasteiger charge is 2.41. The lowest BCUT2D eigenvalue weighted by Crippen LogP contribution is -2.24. The summed E-state index contributed by atoms with van der Waals surface area (Å²) in [4.78, 5) is 0. The van der Waals surface area contributed by atoms with Crippen molar-refractivity contribution in [2.75, 3.05) is 13.2 Å². The molecule has 2 N–H and O–H groups in total. The molecule has 0 aromatic carbocycles. The zero-order chi connectivity index (χ0) is 13.2. The number of rotatable bonds is 6. The Balaban J connectivity index is 1.89. The maximum atomic E-state index is 9.01. The lowest BCUT2D eigenvalue weighted by Gasteiger charge is -2.14. The average Bonchev–Trinajstić information content (AvgIpc) is 3.06. The minimum absolute atomic E-state index is 0.282. The number of hydrogen-bond donors (Lipinski definition) is 2. The zero-order valence-corrected chi connectivity index (χ0v) is 11.2. The summed E-state index contributed by atoms with van der Waals surface area (Å²) in [5.41, 5.74) is 3.39. The van der Waals surface area contributed by atoms with E-state index in [1.54, 1.807) is 0 Å². The van der Waals surface area contributed by atoms with Gasteiger partial charge in [0.1, 0.15) is 11.8 Å². The highest BCUT2D eigenvalue weighted by Crippen LogP contribution is 2.47. The molecule has 2 rings (SSSR count). The highest BCUT2D eigenvalue weighted by atomic mass is 16.3. The molecule has 1 fully saturated rings. The number of nitriles is 1. The Kier molecular flexibility index (Phi) is 3.74. The fraction of sp³-hybridized carbons (Fsp3) is 0.643. The van der Waals surface area contributed by atoms with E-state index in [1.165, 1.54) is 18.4 Å². The molecule has 0 unspecified atom stereocenters. The summed E-state index contributed by atoms with van der Waals surface area (Å²) >= 11 is 0. The molecule has 0 bridgehead atoms. The SMILES string of the molecule is Cc1c(CNCC2(CCO)CC2)cc(C#N)n1C. The van der Waals surface area contributed by atoms with Crippen LogP contribution in [0.4, 0.5) is 0 Å². The molecule has 0 radical (unpaired) electrons. The Morgan fingerprint density at radius 2 is 2.28 bits per heavy atom. The predicted molar refractivity (Wildman–Crippen MR) is 69.9 cm³/mol. The van der Waals surface area contributed by atoms with E-state index in [-0.39, 0.29) is 6.61 Å². The summed E-state index contributed by atoms with van der Waals surface area (Å²) in [7, 11) is 1.92. The maximum Gasteiger partial charge on any atom is 0.120 e. The lowest BCUT2D eigenvalue weighted by atomic mass is 10.0. The molecule has 0 saturated heterocycles. The van der Waals surface area contributed by atoms with E-state index in [1.807, 2.05) is 24.6 Å². The van der Waals surface area contributed by atoms with E-state index in [0.717, 1.165) is 25.2 Å².